The molecule has 5 heteroatoms. The largest absolute Gasteiger partial charge is 0.307 e. The SMILES string of the molecule is CCC(=O)N/N=c1\ncn(-c2ccccc2)cc1-c1ccccc1. The quantitative estimate of drug-likeness (QED) is 0.752. The number of carbonyl (C=O) groups excluding carboxylic acids is 1. The average molecular weight is 318 g/mol. The first-order chi connectivity index (χ1) is 11.8. The number of amides is 1. The van der Waals surface area contributed by atoms with E-state index in [2.05, 4.69) is 15.5 Å². The summed E-state index contributed by atoms with van der Waals surface area (Å²) in [4.78, 5) is 15.9. The Morgan fingerprint density at radius 3 is 2.42 bits per heavy atom. The Labute approximate surface area is 140 Å². The Balaban J connectivity index is 2.11. The number of nitrogens with zero attached hydrogens (tertiary/aromatic N) is 3. The van der Waals surface area contributed by atoms with Crippen LogP contribution in [0.3, 0.4) is 0 Å². The standard InChI is InChI=1S/C19H18N4O/c1-2-18(24)21-22-19-17(15-9-5-3-6-10-15)13-23(14-20-19)16-11-7-4-8-12-16/h3-14H,2H2,1H3,(H,21,24)/b22-19-. The van der Waals surface area contributed by atoms with Crippen molar-refractivity contribution in [2.75, 3.05) is 0 Å². The summed E-state index contributed by atoms with van der Waals surface area (Å²) in [6.45, 7) is 1.78. The lowest BCUT2D eigenvalue weighted by molar-refractivity contribution is -0.120. The van der Waals surface area contributed by atoms with E-state index in [1.54, 1.807) is 13.3 Å². The van der Waals surface area contributed by atoms with Crippen molar-refractivity contribution in [2.24, 2.45) is 5.10 Å². The molecule has 0 radical (unpaired) electrons. The van der Waals surface area contributed by atoms with Crippen LogP contribution in [0.5, 0.6) is 0 Å². The highest BCUT2D eigenvalue weighted by atomic mass is 16.2. The van der Waals surface area contributed by atoms with Gasteiger partial charge in [0.25, 0.3) is 0 Å². The number of aromatic nitrogens is 2. The number of hydrogen-bond donors (Lipinski definition) is 1. The van der Waals surface area contributed by atoms with E-state index in [0.29, 0.717) is 11.9 Å². The molecular weight excluding hydrogens is 300 g/mol. The maximum absolute atomic E-state index is 11.5. The van der Waals surface area contributed by atoms with E-state index in [4.69, 9.17) is 0 Å². The van der Waals surface area contributed by atoms with Crippen molar-refractivity contribution >= 4 is 5.91 Å². The van der Waals surface area contributed by atoms with Crippen LogP contribution in [0, 0.1) is 0 Å². The van der Waals surface area contributed by atoms with Crippen LogP contribution in [0.25, 0.3) is 16.8 Å². The van der Waals surface area contributed by atoms with E-state index in [-0.39, 0.29) is 5.91 Å². The van der Waals surface area contributed by atoms with Crippen LogP contribution in [-0.4, -0.2) is 15.5 Å². The smallest absolute Gasteiger partial charge is 0.239 e. The summed E-state index contributed by atoms with van der Waals surface area (Å²) in [5, 5.41) is 4.16. The number of carbonyl (C=O) groups is 1. The van der Waals surface area contributed by atoms with Crippen molar-refractivity contribution in [3.8, 4) is 16.8 Å². The minimum Gasteiger partial charge on any atom is -0.307 e. The molecule has 1 aromatic heterocycles. The van der Waals surface area contributed by atoms with Crippen molar-refractivity contribution in [3.05, 3.63) is 78.7 Å². The molecule has 0 aliphatic carbocycles. The van der Waals surface area contributed by atoms with Crippen LogP contribution in [0.15, 0.2) is 78.3 Å². The fourth-order valence-corrected chi connectivity index (χ4v) is 2.26. The molecule has 120 valence electrons. The molecule has 0 aliphatic rings. The molecule has 1 N–H and O–H groups in total. The molecule has 24 heavy (non-hydrogen) atoms. The maximum Gasteiger partial charge on any atom is 0.239 e. The second kappa shape index (κ2) is 7.37. The van der Waals surface area contributed by atoms with Gasteiger partial charge in [-0.05, 0) is 17.7 Å². The third-order valence-corrected chi connectivity index (χ3v) is 3.56. The highest BCUT2D eigenvalue weighted by Crippen LogP contribution is 2.15. The molecule has 0 atom stereocenters. The highest BCUT2D eigenvalue weighted by molar-refractivity contribution is 5.75. The molecule has 3 aromatic rings. The van der Waals surface area contributed by atoms with Gasteiger partial charge in [0.2, 0.25) is 5.91 Å². The van der Waals surface area contributed by atoms with Gasteiger partial charge >= 0.3 is 0 Å². The van der Waals surface area contributed by atoms with Crippen LogP contribution in [-0.2, 0) is 4.79 Å². The molecule has 0 fully saturated rings. The molecule has 1 heterocycles. The normalized spacial score (nSPS) is 11.3. The Kier molecular flexibility index (Phi) is 4.81. The van der Waals surface area contributed by atoms with Crippen molar-refractivity contribution < 1.29 is 4.79 Å². The van der Waals surface area contributed by atoms with E-state index in [0.717, 1.165) is 16.8 Å². The molecule has 0 saturated carbocycles. The summed E-state index contributed by atoms with van der Waals surface area (Å²) in [5.41, 5.74) is 5.85. The Morgan fingerprint density at radius 1 is 1.08 bits per heavy atom. The van der Waals surface area contributed by atoms with E-state index in [1.807, 2.05) is 71.4 Å². The van der Waals surface area contributed by atoms with Crippen molar-refractivity contribution in [2.45, 2.75) is 13.3 Å². The number of rotatable bonds is 4. The maximum atomic E-state index is 11.5. The molecule has 0 aliphatic heterocycles. The first-order valence-electron chi connectivity index (χ1n) is 7.79. The average Bonchev–Trinajstić information content (AvgIpc) is 2.67. The van der Waals surface area contributed by atoms with Gasteiger partial charge in [0.05, 0.1) is 0 Å². The Hall–Kier alpha value is -3.21. The molecule has 1 amide bonds. The predicted molar refractivity (Wildman–Crippen MR) is 93.0 cm³/mol. The topological polar surface area (TPSA) is 59.3 Å². The summed E-state index contributed by atoms with van der Waals surface area (Å²) in [6, 6.07) is 19.8. The third kappa shape index (κ3) is 3.57. The van der Waals surface area contributed by atoms with E-state index in [9.17, 15) is 4.79 Å². The lowest BCUT2D eigenvalue weighted by Gasteiger charge is -2.09. The molecule has 0 spiro atoms. The van der Waals surface area contributed by atoms with Crippen molar-refractivity contribution in [1.82, 2.24) is 15.0 Å². The van der Waals surface area contributed by atoms with Gasteiger partial charge in [0.1, 0.15) is 6.33 Å². The summed E-state index contributed by atoms with van der Waals surface area (Å²) in [7, 11) is 0. The lowest BCUT2D eigenvalue weighted by Crippen LogP contribution is -2.23. The van der Waals surface area contributed by atoms with Gasteiger partial charge in [-0.3, -0.25) is 4.79 Å². The van der Waals surface area contributed by atoms with Crippen LogP contribution < -0.4 is 10.9 Å². The fraction of sp³-hybridized carbons (Fsp3) is 0.105. The molecule has 0 bridgehead atoms. The van der Waals surface area contributed by atoms with Gasteiger partial charge in [-0.15, -0.1) is 0 Å². The molecule has 3 rings (SSSR count). The first kappa shape index (κ1) is 15.7. The molecule has 0 unspecified atom stereocenters. The van der Waals surface area contributed by atoms with Gasteiger partial charge in [-0.2, -0.15) is 5.10 Å². The zero-order valence-electron chi connectivity index (χ0n) is 13.4. The van der Waals surface area contributed by atoms with E-state index < -0.39 is 0 Å². The summed E-state index contributed by atoms with van der Waals surface area (Å²) in [5.74, 6) is -0.143. The minimum atomic E-state index is -0.143. The van der Waals surface area contributed by atoms with Crippen LogP contribution in [0.2, 0.25) is 0 Å². The third-order valence-electron chi connectivity index (χ3n) is 3.56. The molecule has 2 aromatic carbocycles. The van der Waals surface area contributed by atoms with Crippen molar-refractivity contribution in [3.63, 3.8) is 0 Å². The summed E-state index contributed by atoms with van der Waals surface area (Å²) >= 11 is 0. The lowest BCUT2D eigenvalue weighted by atomic mass is 10.1. The summed E-state index contributed by atoms with van der Waals surface area (Å²) < 4.78 is 1.93. The predicted octanol–water partition coefficient (Wildman–Crippen LogP) is 2.88. The second-order valence-electron chi connectivity index (χ2n) is 5.22. The molecule has 0 saturated heterocycles. The molecule has 5 nitrogen and oxygen atoms in total. The van der Waals surface area contributed by atoms with Gasteiger partial charge in [0, 0.05) is 23.9 Å². The highest BCUT2D eigenvalue weighted by Gasteiger charge is 2.05. The molecular formula is C19H18N4O. The van der Waals surface area contributed by atoms with Crippen LogP contribution in [0.1, 0.15) is 13.3 Å². The van der Waals surface area contributed by atoms with Crippen LogP contribution in [0.4, 0.5) is 0 Å². The van der Waals surface area contributed by atoms with E-state index >= 15 is 0 Å². The van der Waals surface area contributed by atoms with Crippen LogP contribution >= 0.6 is 0 Å². The summed E-state index contributed by atoms with van der Waals surface area (Å²) in [6.07, 6.45) is 4.04. The zero-order valence-corrected chi connectivity index (χ0v) is 13.4. The minimum absolute atomic E-state index is 0.143. The van der Waals surface area contributed by atoms with Gasteiger partial charge < -0.3 is 4.57 Å². The zero-order chi connectivity index (χ0) is 16.8. The van der Waals surface area contributed by atoms with Gasteiger partial charge in [-0.25, -0.2) is 10.4 Å². The fourth-order valence-electron chi connectivity index (χ4n) is 2.26. The number of nitrogens with one attached hydrogen (secondary N) is 1. The Bertz CT molecular complexity index is 886. The number of hydrogen-bond acceptors (Lipinski definition) is 3. The Morgan fingerprint density at radius 2 is 1.75 bits per heavy atom. The first-order valence-corrected chi connectivity index (χ1v) is 7.79. The van der Waals surface area contributed by atoms with Gasteiger partial charge in [0.15, 0.2) is 5.49 Å². The number of para-hydroxylation sites is 1. The monoisotopic (exact) mass is 318 g/mol. The van der Waals surface area contributed by atoms with Gasteiger partial charge in [-0.1, -0.05) is 55.5 Å². The second-order valence-corrected chi connectivity index (χ2v) is 5.22. The van der Waals surface area contributed by atoms with E-state index in [1.165, 1.54) is 0 Å². The van der Waals surface area contributed by atoms with Crippen molar-refractivity contribution in [1.29, 1.82) is 0 Å². The number of benzene rings is 2.